The monoisotopic (exact) mass is 431 g/mol. The minimum atomic E-state index is -3.72. The highest BCUT2D eigenvalue weighted by Crippen LogP contribution is 2.33. The SMILES string of the molecule is COc1ccc(C)cc1N1CC(C(=O)NCCc2ccc(S(N)(=O)=O)cc2)CC1=O. The maximum Gasteiger partial charge on any atom is 0.238 e. The average Bonchev–Trinajstić information content (AvgIpc) is 3.09. The van der Waals surface area contributed by atoms with E-state index in [2.05, 4.69) is 5.32 Å². The molecule has 1 aliphatic heterocycles. The predicted molar refractivity (Wildman–Crippen MR) is 113 cm³/mol. The lowest BCUT2D eigenvalue weighted by Gasteiger charge is -2.20. The fourth-order valence-electron chi connectivity index (χ4n) is 3.45. The number of benzene rings is 2. The van der Waals surface area contributed by atoms with Crippen molar-refractivity contribution in [2.45, 2.75) is 24.7 Å². The molecule has 1 unspecified atom stereocenters. The second-order valence-electron chi connectivity index (χ2n) is 7.31. The van der Waals surface area contributed by atoms with Gasteiger partial charge in [-0.05, 0) is 48.7 Å². The van der Waals surface area contributed by atoms with E-state index in [-0.39, 0.29) is 23.1 Å². The van der Waals surface area contributed by atoms with Gasteiger partial charge in [-0.3, -0.25) is 9.59 Å². The normalized spacial score (nSPS) is 16.6. The molecule has 2 amide bonds. The van der Waals surface area contributed by atoms with Gasteiger partial charge in [0.05, 0.1) is 23.6 Å². The van der Waals surface area contributed by atoms with Crippen molar-refractivity contribution in [3.05, 3.63) is 53.6 Å². The number of methoxy groups -OCH3 is 1. The van der Waals surface area contributed by atoms with E-state index >= 15 is 0 Å². The van der Waals surface area contributed by atoms with Gasteiger partial charge in [-0.2, -0.15) is 0 Å². The summed E-state index contributed by atoms with van der Waals surface area (Å²) in [4.78, 5) is 26.7. The van der Waals surface area contributed by atoms with Crippen LogP contribution in [0.1, 0.15) is 17.5 Å². The summed E-state index contributed by atoms with van der Waals surface area (Å²) >= 11 is 0. The molecule has 0 aromatic heterocycles. The lowest BCUT2D eigenvalue weighted by Crippen LogP contribution is -2.34. The Morgan fingerprint density at radius 3 is 2.57 bits per heavy atom. The Hall–Kier alpha value is -2.91. The molecule has 1 fully saturated rings. The third-order valence-corrected chi connectivity index (χ3v) is 6.01. The number of amides is 2. The number of primary sulfonamides is 1. The highest BCUT2D eigenvalue weighted by Gasteiger charge is 2.36. The van der Waals surface area contributed by atoms with Crippen molar-refractivity contribution in [1.82, 2.24) is 5.32 Å². The molecule has 9 heteroatoms. The molecule has 30 heavy (non-hydrogen) atoms. The van der Waals surface area contributed by atoms with Gasteiger partial charge < -0.3 is 15.0 Å². The number of nitrogens with zero attached hydrogens (tertiary/aromatic N) is 1. The molecule has 0 aliphatic carbocycles. The summed E-state index contributed by atoms with van der Waals surface area (Å²) in [5.41, 5.74) is 2.55. The molecule has 2 aromatic carbocycles. The van der Waals surface area contributed by atoms with Crippen molar-refractivity contribution in [3.63, 3.8) is 0 Å². The lowest BCUT2D eigenvalue weighted by atomic mass is 10.1. The van der Waals surface area contributed by atoms with Crippen LogP contribution in [0.25, 0.3) is 0 Å². The van der Waals surface area contributed by atoms with Crippen LogP contribution >= 0.6 is 0 Å². The zero-order valence-electron chi connectivity index (χ0n) is 16.9. The minimum absolute atomic E-state index is 0.0476. The maximum atomic E-state index is 12.5. The second-order valence-corrected chi connectivity index (χ2v) is 8.87. The van der Waals surface area contributed by atoms with Crippen LogP contribution in [0.3, 0.4) is 0 Å². The number of nitrogens with two attached hydrogens (primary N) is 1. The Kier molecular flexibility index (Phi) is 6.42. The second kappa shape index (κ2) is 8.85. The number of carbonyl (C=O) groups excluding carboxylic acids is 2. The van der Waals surface area contributed by atoms with Crippen LogP contribution in [0.2, 0.25) is 0 Å². The van der Waals surface area contributed by atoms with Crippen molar-refractivity contribution < 1.29 is 22.7 Å². The molecule has 0 radical (unpaired) electrons. The standard InChI is InChI=1S/C21H25N3O5S/c1-14-3-8-19(29-2)18(11-14)24-13-16(12-20(24)25)21(26)23-10-9-15-4-6-17(7-5-15)30(22,27)28/h3-8,11,16H,9-10,12-13H2,1-2H3,(H,23,26)(H2,22,27,28). The van der Waals surface area contributed by atoms with Crippen LogP contribution in [-0.4, -0.2) is 40.4 Å². The van der Waals surface area contributed by atoms with Gasteiger partial charge in [0.25, 0.3) is 0 Å². The summed E-state index contributed by atoms with van der Waals surface area (Å²) in [7, 11) is -2.17. The number of sulfonamides is 1. The van der Waals surface area contributed by atoms with Gasteiger partial charge in [-0.1, -0.05) is 18.2 Å². The molecule has 1 saturated heterocycles. The molecule has 1 atom stereocenters. The zero-order valence-corrected chi connectivity index (χ0v) is 17.7. The Morgan fingerprint density at radius 1 is 1.23 bits per heavy atom. The first kappa shape index (κ1) is 21.8. The van der Waals surface area contributed by atoms with Crippen LogP contribution in [-0.2, 0) is 26.0 Å². The smallest absolute Gasteiger partial charge is 0.238 e. The van der Waals surface area contributed by atoms with E-state index in [4.69, 9.17) is 9.88 Å². The quantitative estimate of drug-likeness (QED) is 0.686. The molecular weight excluding hydrogens is 406 g/mol. The Balaban J connectivity index is 1.57. The summed E-state index contributed by atoms with van der Waals surface area (Å²) < 4.78 is 27.9. The van der Waals surface area contributed by atoms with Crippen LogP contribution in [0.5, 0.6) is 5.75 Å². The predicted octanol–water partition coefficient (Wildman–Crippen LogP) is 1.36. The van der Waals surface area contributed by atoms with Crippen molar-refractivity contribution in [1.29, 1.82) is 0 Å². The lowest BCUT2D eigenvalue weighted by molar-refractivity contribution is -0.126. The number of hydrogen-bond donors (Lipinski definition) is 2. The number of hydrogen-bond acceptors (Lipinski definition) is 5. The van der Waals surface area contributed by atoms with Crippen molar-refractivity contribution in [2.24, 2.45) is 11.1 Å². The molecule has 8 nitrogen and oxygen atoms in total. The maximum absolute atomic E-state index is 12.5. The van der Waals surface area contributed by atoms with Crippen molar-refractivity contribution >= 4 is 27.5 Å². The Bertz CT molecular complexity index is 1050. The molecule has 0 spiro atoms. The fraction of sp³-hybridized carbons (Fsp3) is 0.333. The third kappa shape index (κ3) is 4.98. The van der Waals surface area contributed by atoms with Gasteiger partial charge in [0.2, 0.25) is 21.8 Å². The number of carbonyl (C=O) groups is 2. The topological polar surface area (TPSA) is 119 Å². The molecule has 2 aromatic rings. The van der Waals surface area contributed by atoms with Gasteiger partial charge >= 0.3 is 0 Å². The number of aryl methyl sites for hydroxylation is 1. The number of ether oxygens (including phenoxy) is 1. The summed E-state index contributed by atoms with van der Waals surface area (Å²) in [6, 6.07) is 11.8. The molecule has 1 heterocycles. The Morgan fingerprint density at radius 2 is 1.93 bits per heavy atom. The zero-order chi connectivity index (χ0) is 21.9. The van der Waals surface area contributed by atoms with Gasteiger partial charge in [0.15, 0.2) is 0 Å². The van der Waals surface area contributed by atoms with Gasteiger partial charge in [-0.25, -0.2) is 13.6 Å². The summed E-state index contributed by atoms with van der Waals surface area (Å²) in [5.74, 6) is -0.137. The molecule has 0 bridgehead atoms. The van der Waals surface area contributed by atoms with E-state index < -0.39 is 15.9 Å². The van der Waals surface area contributed by atoms with Crippen molar-refractivity contribution in [3.8, 4) is 5.75 Å². The van der Waals surface area contributed by atoms with E-state index in [0.717, 1.165) is 11.1 Å². The average molecular weight is 432 g/mol. The van der Waals surface area contributed by atoms with Gasteiger partial charge in [0, 0.05) is 19.5 Å². The summed E-state index contributed by atoms with van der Waals surface area (Å²) in [6.45, 7) is 2.61. The molecule has 0 saturated carbocycles. The van der Waals surface area contributed by atoms with Crippen molar-refractivity contribution in [2.75, 3.05) is 25.1 Å². The first-order valence-corrected chi connectivity index (χ1v) is 11.1. The van der Waals surface area contributed by atoms with Crippen LogP contribution in [0, 0.1) is 12.8 Å². The molecule has 3 rings (SSSR count). The van der Waals surface area contributed by atoms with Crippen LogP contribution in [0.15, 0.2) is 47.4 Å². The third-order valence-electron chi connectivity index (χ3n) is 5.09. The molecule has 1 aliphatic rings. The van der Waals surface area contributed by atoms with E-state index in [0.29, 0.717) is 30.9 Å². The van der Waals surface area contributed by atoms with Crippen LogP contribution in [0.4, 0.5) is 5.69 Å². The molecular formula is C21H25N3O5S. The molecule has 3 N–H and O–H groups in total. The van der Waals surface area contributed by atoms with E-state index in [1.165, 1.54) is 12.1 Å². The highest BCUT2D eigenvalue weighted by molar-refractivity contribution is 7.89. The number of nitrogens with one attached hydrogen (secondary N) is 1. The molecule has 160 valence electrons. The summed E-state index contributed by atoms with van der Waals surface area (Å²) in [5, 5.41) is 7.94. The van der Waals surface area contributed by atoms with E-state index in [9.17, 15) is 18.0 Å². The number of anilines is 1. The Labute approximate surface area is 176 Å². The van der Waals surface area contributed by atoms with E-state index in [1.807, 2.05) is 25.1 Å². The largest absolute Gasteiger partial charge is 0.495 e. The number of rotatable bonds is 7. The minimum Gasteiger partial charge on any atom is -0.495 e. The van der Waals surface area contributed by atoms with Gasteiger partial charge in [-0.15, -0.1) is 0 Å². The van der Waals surface area contributed by atoms with E-state index in [1.54, 1.807) is 24.1 Å². The van der Waals surface area contributed by atoms with Crippen LogP contribution < -0.4 is 20.1 Å². The first-order valence-electron chi connectivity index (χ1n) is 9.53. The highest BCUT2D eigenvalue weighted by atomic mass is 32.2. The van der Waals surface area contributed by atoms with Gasteiger partial charge in [0.1, 0.15) is 5.75 Å². The first-order chi connectivity index (χ1) is 14.2. The summed E-state index contributed by atoms with van der Waals surface area (Å²) in [6.07, 6.45) is 0.679. The fourth-order valence-corrected chi connectivity index (χ4v) is 3.96.